The number of rotatable bonds is 5. The fraction of sp³-hybridized carbons (Fsp3) is 0.368. The Labute approximate surface area is 122 Å². The molecule has 2 aromatic rings. The molecule has 2 rings (SSSR count). The van der Waals surface area contributed by atoms with Gasteiger partial charge in [0.25, 0.3) is 0 Å². The van der Waals surface area contributed by atoms with Gasteiger partial charge in [0, 0.05) is 6.42 Å². The van der Waals surface area contributed by atoms with Crippen LogP contribution in [0.5, 0.6) is 0 Å². The fourth-order valence-corrected chi connectivity index (χ4v) is 2.41. The average molecular weight is 268 g/mol. The van der Waals surface area contributed by atoms with Gasteiger partial charge in [-0.3, -0.25) is 0 Å². The van der Waals surface area contributed by atoms with Crippen LogP contribution in [0.2, 0.25) is 0 Å². The van der Waals surface area contributed by atoms with E-state index in [4.69, 9.17) is 0 Å². The summed E-state index contributed by atoms with van der Waals surface area (Å²) >= 11 is 0. The minimum atomic E-state index is -0.425. The highest BCUT2D eigenvalue weighted by Gasteiger charge is 2.08. The molecule has 0 heterocycles. The molecule has 1 N–H and O–H groups in total. The summed E-state index contributed by atoms with van der Waals surface area (Å²) in [5.74, 6) is 0.665. The van der Waals surface area contributed by atoms with Gasteiger partial charge >= 0.3 is 0 Å². The molecule has 0 aromatic heterocycles. The van der Waals surface area contributed by atoms with Gasteiger partial charge in [-0.05, 0) is 36.0 Å². The van der Waals surface area contributed by atoms with Gasteiger partial charge in [0.2, 0.25) is 0 Å². The van der Waals surface area contributed by atoms with Gasteiger partial charge in [0.05, 0.1) is 6.10 Å². The van der Waals surface area contributed by atoms with Crippen LogP contribution in [0.3, 0.4) is 0 Å². The molecule has 2 aromatic carbocycles. The van der Waals surface area contributed by atoms with Crippen molar-refractivity contribution >= 4 is 0 Å². The lowest BCUT2D eigenvalue weighted by molar-refractivity contribution is 0.178. The van der Waals surface area contributed by atoms with Crippen LogP contribution in [-0.4, -0.2) is 5.11 Å². The molecule has 0 aliphatic heterocycles. The van der Waals surface area contributed by atoms with E-state index in [0.29, 0.717) is 12.3 Å². The molecule has 1 heteroatoms. The number of hydrogen-bond donors (Lipinski definition) is 1. The van der Waals surface area contributed by atoms with E-state index in [1.807, 2.05) is 0 Å². The Balaban J connectivity index is 2.01. The molecular weight excluding hydrogens is 244 g/mol. The highest BCUT2D eigenvalue weighted by atomic mass is 16.3. The second-order valence-electron chi connectivity index (χ2n) is 6.05. The van der Waals surface area contributed by atoms with E-state index in [0.717, 1.165) is 12.0 Å². The van der Waals surface area contributed by atoms with E-state index in [1.54, 1.807) is 0 Å². The molecule has 0 amide bonds. The summed E-state index contributed by atoms with van der Waals surface area (Å²) in [6.45, 7) is 6.52. The molecule has 1 atom stereocenters. The van der Waals surface area contributed by atoms with Crippen molar-refractivity contribution in [3.63, 3.8) is 0 Å². The van der Waals surface area contributed by atoms with Gasteiger partial charge in [-0.15, -0.1) is 0 Å². The first-order chi connectivity index (χ1) is 9.54. The van der Waals surface area contributed by atoms with Gasteiger partial charge in [-0.25, -0.2) is 0 Å². The number of aryl methyl sites for hydroxylation is 1. The Bertz CT molecular complexity index is 523. The smallest absolute Gasteiger partial charge is 0.0830 e. The average Bonchev–Trinajstić information content (AvgIpc) is 2.41. The first-order valence-electron chi connectivity index (χ1n) is 7.37. The second-order valence-corrected chi connectivity index (χ2v) is 6.05. The third-order valence-corrected chi connectivity index (χ3v) is 3.56. The Kier molecular flexibility index (Phi) is 4.97. The summed E-state index contributed by atoms with van der Waals surface area (Å²) in [4.78, 5) is 0. The number of hydrogen-bond acceptors (Lipinski definition) is 1. The van der Waals surface area contributed by atoms with Gasteiger partial charge in [0.15, 0.2) is 0 Å². The molecule has 0 bridgehead atoms. The topological polar surface area (TPSA) is 20.2 Å². The van der Waals surface area contributed by atoms with Crippen LogP contribution in [0.15, 0.2) is 48.5 Å². The second kappa shape index (κ2) is 6.71. The normalized spacial score (nSPS) is 12.7. The molecule has 106 valence electrons. The van der Waals surface area contributed by atoms with E-state index in [-0.39, 0.29) is 0 Å². The van der Waals surface area contributed by atoms with Crippen molar-refractivity contribution in [3.8, 4) is 0 Å². The minimum absolute atomic E-state index is 0.425. The van der Waals surface area contributed by atoms with E-state index in [1.165, 1.54) is 16.7 Å². The summed E-state index contributed by atoms with van der Waals surface area (Å²) in [6, 6.07) is 16.7. The lowest BCUT2D eigenvalue weighted by Crippen LogP contribution is -2.02. The monoisotopic (exact) mass is 268 g/mol. The van der Waals surface area contributed by atoms with Crippen LogP contribution in [0.1, 0.15) is 42.2 Å². The Morgan fingerprint density at radius 1 is 0.800 bits per heavy atom. The van der Waals surface area contributed by atoms with Crippen LogP contribution >= 0.6 is 0 Å². The predicted molar refractivity (Wildman–Crippen MR) is 84.8 cm³/mol. The minimum Gasteiger partial charge on any atom is -0.388 e. The maximum absolute atomic E-state index is 10.3. The molecule has 1 nitrogen and oxygen atoms in total. The largest absolute Gasteiger partial charge is 0.388 e. The van der Waals surface area contributed by atoms with Crippen molar-refractivity contribution in [2.75, 3.05) is 0 Å². The van der Waals surface area contributed by atoms with Crippen LogP contribution in [0.25, 0.3) is 0 Å². The number of aliphatic hydroxyl groups is 1. The molecule has 0 fully saturated rings. The number of aliphatic hydroxyl groups excluding tert-OH is 1. The molecule has 0 aliphatic rings. The summed E-state index contributed by atoms with van der Waals surface area (Å²) < 4.78 is 0. The molecule has 1 unspecified atom stereocenters. The van der Waals surface area contributed by atoms with Crippen LogP contribution in [0.4, 0.5) is 0 Å². The highest BCUT2D eigenvalue weighted by molar-refractivity contribution is 5.27. The van der Waals surface area contributed by atoms with Crippen molar-refractivity contribution in [3.05, 3.63) is 70.8 Å². The molecule has 20 heavy (non-hydrogen) atoms. The van der Waals surface area contributed by atoms with Crippen molar-refractivity contribution in [1.29, 1.82) is 0 Å². The summed E-state index contributed by atoms with van der Waals surface area (Å²) in [5, 5.41) is 10.3. The predicted octanol–water partition coefficient (Wildman–Crippen LogP) is 4.47. The van der Waals surface area contributed by atoms with Gasteiger partial charge in [0.1, 0.15) is 0 Å². The Hall–Kier alpha value is -1.60. The third-order valence-electron chi connectivity index (χ3n) is 3.56. The molecule has 0 radical (unpaired) electrons. The number of benzene rings is 2. The first-order valence-corrected chi connectivity index (χ1v) is 7.37. The molecule has 0 aliphatic carbocycles. The van der Waals surface area contributed by atoms with Crippen molar-refractivity contribution in [1.82, 2.24) is 0 Å². The summed E-state index contributed by atoms with van der Waals surface area (Å²) in [7, 11) is 0. The fourth-order valence-electron chi connectivity index (χ4n) is 2.41. The highest BCUT2D eigenvalue weighted by Crippen LogP contribution is 2.20. The molecular formula is C19H24O. The van der Waals surface area contributed by atoms with Crippen LogP contribution in [0, 0.1) is 12.8 Å². The third kappa shape index (κ3) is 4.21. The molecule has 0 saturated carbocycles. The maximum atomic E-state index is 10.3. The molecule has 0 saturated heterocycles. The lowest BCUT2D eigenvalue weighted by Gasteiger charge is -2.12. The zero-order valence-electron chi connectivity index (χ0n) is 12.6. The lowest BCUT2D eigenvalue weighted by atomic mass is 9.97. The Morgan fingerprint density at radius 3 is 1.85 bits per heavy atom. The van der Waals surface area contributed by atoms with Crippen molar-refractivity contribution in [2.24, 2.45) is 5.92 Å². The van der Waals surface area contributed by atoms with Crippen LogP contribution in [-0.2, 0) is 12.8 Å². The van der Waals surface area contributed by atoms with Crippen LogP contribution < -0.4 is 0 Å². The van der Waals surface area contributed by atoms with E-state index in [2.05, 4.69) is 69.3 Å². The van der Waals surface area contributed by atoms with E-state index >= 15 is 0 Å². The standard InChI is InChI=1S/C19H24O/c1-14(2)12-16-8-10-18(11-9-16)19(20)13-17-6-4-15(3)5-7-17/h4-11,14,19-20H,12-13H2,1-3H3. The van der Waals surface area contributed by atoms with Crippen molar-refractivity contribution in [2.45, 2.75) is 39.7 Å². The maximum Gasteiger partial charge on any atom is 0.0830 e. The zero-order valence-corrected chi connectivity index (χ0v) is 12.6. The quantitative estimate of drug-likeness (QED) is 0.848. The first kappa shape index (κ1) is 14.8. The summed E-state index contributed by atoms with van der Waals surface area (Å²) in [6.07, 6.45) is 1.34. The molecule has 0 spiro atoms. The van der Waals surface area contributed by atoms with E-state index in [9.17, 15) is 5.11 Å². The van der Waals surface area contributed by atoms with Gasteiger partial charge in [-0.1, -0.05) is 67.9 Å². The summed E-state index contributed by atoms with van der Waals surface area (Å²) in [5.41, 5.74) is 4.76. The van der Waals surface area contributed by atoms with Gasteiger partial charge in [-0.2, -0.15) is 0 Å². The van der Waals surface area contributed by atoms with E-state index < -0.39 is 6.10 Å². The zero-order chi connectivity index (χ0) is 14.5. The Morgan fingerprint density at radius 2 is 1.30 bits per heavy atom. The van der Waals surface area contributed by atoms with Crippen molar-refractivity contribution < 1.29 is 5.11 Å². The van der Waals surface area contributed by atoms with Gasteiger partial charge < -0.3 is 5.11 Å². The SMILES string of the molecule is Cc1ccc(CC(O)c2ccc(CC(C)C)cc2)cc1.